The van der Waals surface area contributed by atoms with E-state index in [1.54, 1.807) is 24.3 Å². The lowest BCUT2D eigenvalue weighted by Gasteiger charge is -2.21. The second-order valence-corrected chi connectivity index (χ2v) is 5.12. The van der Waals surface area contributed by atoms with Crippen LogP contribution in [0.15, 0.2) is 29.4 Å². The van der Waals surface area contributed by atoms with Crippen LogP contribution in [0.25, 0.3) is 0 Å². The number of urea groups is 1. The molecule has 3 N–H and O–H groups in total. The third-order valence-electron chi connectivity index (χ3n) is 3.20. The first-order valence-electron chi connectivity index (χ1n) is 7.09. The van der Waals surface area contributed by atoms with E-state index in [2.05, 4.69) is 21.2 Å². The van der Waals surface area contributed by atoms with Gasteiger partial charge in [0, 0.05) is 18.2 Å². The van der Waals surface area contributed by atoms with Gasteiger partial charge in [-0.25, -0.2) is 10.2 Å². The molecule has 1 aliphatic rings. The summed E-state index contributed by atoms with van der Waals surface area (Å²) in [6.07, 6.45) is -0.866. The zero-order valence-electron chi connectivity index (χ0n) is 13.0. The van der Waals surface area contributed by atoms with Crippen LogP contribution < -0.4 is 16.1 Å². The molecule has 0 spiro atoms. The Hall–Kier alpha value is -2.90. The predicted molar refractivity (Wildman–Crippen MR) is 84.0 cm³/mol. The van der Waals surface area contributed by atoms with Crippen molar-refractivity contribution in [2.75, 3.05) is 5.32 Å². The smallest absolute Gasteiger partial charge is 0.335 e. The normalized spacial score (nSPS) is 18.1. The quantitative estimate of drug-likeness (QED) is 0.719. The maximum atomic E-state index is 11.9. The minimum atomic E-state index is -0.866. The molecule has 0 fully saturated rings. The van der Waals surface area contributed by atoms with Crippen molar-refractivity contribution in [1.82, 2.24) is 10.7 Å². The first kappa shape index (κ1) is 16.5. The van der Waals surface area contributed by atoms with Crippen molar-refractivity contribution in [3.8, 4) is 0 Å². The highest BCUT2D eigenvalue weighted by Gasteiger charge is 2.20. The van der Waals surface area contributed by atoms with E-state index in [1.165, 1.54) is 13.8 Å². The zero-order valence-corrected chi connectivity index (χ0v) is 13.0. The second-order valence-electron chi connectivity index (χ2n) is 5.12. The lowest BCUT2D eigenvalue weighted by Crippen LogP contribution is -2.48. The number of rotatable bonds is 4. The third-order valence-corrected chi connectivity index (χ3v) is 3.20. The molecule has 0 aromatic heterocycles. The minimum absolute atomic E-state index is 0.215. The molecular formula is C15H18N4O4. The molecule has 1 aromatic carbocycles. The van der Waals surface area contributed by atoms with Crippen LogP contribution in [0.2, 0.25) is 0 Å². The molecule has 3 amide bonds. The van der Waals surface area contributed by atoms with E-state index in [1.807, 2.05) is 6.92 Å². The molecule has 2 rings (SSSR count). The fourth-order valence-corrected chi connectivity index (χ4v) is 2.09. The first-order chi connectivity index (χ1) is 10.9. The highest BCUT2D eigenvalue weighted by Crippen LogP contribution is 2.13. The molecule has 0 saturated carbocycles. The van der Waals surface area contributed by atoms with Crippen LogP contribution in [0.4, 0.5) is 10.5 Å². The fourth-order valence-electron chi connectivity index (χ4n) is 2.09. The van der Waals surface area contributed by atoms with E-state index in [9.17, 15) is 14.4 Å². The molecule has 1 unspecified atom stereocenters. The highest BCUT2D eigenvalue weighted by atomic mass is 16.5. The van der Waals surface area contributed by atoms with E-state index in [0.29, 0.717) is 11.4 Å². The molecule has 1 aromatic rings. The molecule has 0 aliphatic carbocycles. The van der Waals surface area contributed by atoms with Crippen molar-refractivity contribution in [1.29, 1.82) is 0 Å². The van der Waals surface area contributed by atoms with Crippen molar-refractivity contribution in [2.45, 2.75) is 32.9 Å². The Kier molecular flexibility index (Phi) is 4.95. The lowest BCUT2D eigenvalue weighted by atomic mass is 10.0. The van der Waals surface area contributed by atoms with Crippen LogP contribution in [-0.4, -0.2) is 35.8 Å². The molecule has 0 saturated heterocycles. The van der Waals surface area contributed by atoms with Crippen molar-refractivity contribution in [2.24, 2.45) is 5.10 Å². The van der Waals surface area contributed by atoms with Gasteiger partial charge in [-0.1, -0.05) is 12.1 Å². The van der Waals surface area contributed by atoms with Gasteiger partial charge in [-0.3, -0.25) is 9.59 Å². The van der Waals surface area contributed by atoms with E-state index in [4.69, 9.17) is 4.74 Å². The van der Waals surface area contributed by atoms with Gasteiger partial charge in [0.05, 0.1) is 11.8 Å². The molecule has 122 valence electrons. The molecule has 1 aliphatic heterocycles. The molecular weight excluding hydrogens is 300 g/mol. The topological polar surface area (TPSA) is 109 Å². The predicted octanol–water partition coefficient (Wildman–Crippen LogP) is 0.982. The summed E-state index contributed by atoms with van der Waals surface area (Å²) in [6.45, 7) is 4.57. The molecule has 0 bridgehead atoms. The molecule has 23 heavy (non-hydrogen) atoms. The number of nitrogens with zero attached hydrogens (tertiary/aromatic N) is 1. The van der Waals surface area contributed by atoms with Gasteiger partial charge in [0.25, 0.3) is 5.91 Å². The summed E-state index contributed by atoms with van der Waals surface area (Å²) in [5, 5.41) is 9.39. The van der Waals surface area contributed by atoms with Crippen molar-refractivity contribution < 1.29 is 19.1 Å². The van der Waals surface area contributed by atoms with Crippen LogP contribution in [0.3, 0.4) is 0 Å². The Morgan fingerprint density at radius 3 is 2.52 bits per heavy atom. The van der Waals surface area contributed by atoms with Crippen molar-refractivity contribution in [3.63, 3.8) is 0 Å². The van der Waals surface area contributed by atoms with Crippen LogP contribution in [0.5, 0.6) is 0 Å². The third kappa shape index (κ3) is 4.29. The van der Waals surface area contributed by atoms with Gasteiger partial charge >= 0.3 is 12.0 Å². The summed E-state index contributed by atoms with van der Waals surface area (Å²) in [4.78, 5) is 33.8. The van der Waals surface area contributed by atoms with Gasteiger partial charge in [-0.05, 0) is 26.0 Å². The number of hydrogen-bond acceptors (Lipinski definition) is 5. The molecule has 8 heteroatoms. The summed E-state index contributed by atoms with van der Waals surface area (Å²) < 4.78 is 4.81. The van der Waals surface area contributed by atoms with Crippen molar-refractivity contribution >= 4 is 29.3 Å². The van der Waals surface area contributed by atoms with Crippen molar-refractivity contribution in [3.05, 3.63) is 29.8 Å². The summed E-state index contributed by atoms with van der Waals surface area (Å²) in [5.41, 5.74) is 4.44. The number of carbonyl (C=O) groups is 3. The summed E-state index contributed by atoms with van der Waals surface area (Å²) >= 11 is 0. The Labute approximate surface area is 133 Å². The van der Waals surface area contributed by atoms with E-state index in [0.717, 1.165) is 5.56 Å². The van der Waals surface area contributed by atoms with Gasteiger partial charge in [0.1, 0.15) is 0 Å². The van der Waals surface area contributed by atoms with Gasteiger partial charge in [-0.2, -0.15) is 5.10 Å². The minimum Gasteiger partial charge on any atom is -0.453 e. The number of hydrazone groups is 1. The van der Waals surface area contributed by atoms with E-state index < -0.39 is 18.0 Å². The number of amides is 3. The average Bonchev–Trinajstić information content (AvgIpc) is 2.47. The van der Waals surface area contributed by atoms with E-state index >= 15 is 0 Å². The van der Waals surface area contributed by atoms with Crippen LogP contribution in [0.1, 0.15) is 26.3 Å². The number of hydrogen-bond donors (Lipinski definition) is 3. The van der Waals surface area contributed by atoms with Gasteiger partial charge in [-0.15, -0.1) is 0 Å². The number of esters is 1. The largest absolute Gasteiger partial charge is 0.453 e. The van der Waals surface area contributed by atoms with Crippen LogP contribution >= 0.6 is 0 Å². The van der Waals surface area contributed by atoms with Crippen LogP contribution in [0, 0.1) is 0 Å². The van der Waals surface area contributed by atoms with Gasteiger partial charge < -0.3 is 15.4 Å². The van der Waals surface area contributed by atoms with Gasteiger partial charge in [0.15, 0.2) is 6.10 Å². The highest BCUT2D eigenvalue weighted by molar-refractivity contribution is 6.07. The first-order valence-corrected chi connectivity index (χ1v) is 7.09. The monoisotopic (exact) mass is 318 g/mol. The van der Waals surface area contributed by atoms with E-state index in [-0.39, 0.29) is 12.1 Å². The second kappa shape index (κ2) is 6.91. The molecule has 0 radical (unpaired) electrons. The average molecular weight is 318 g/mol. The number of benzene rings is 1. The van der Waals surface area contributed by atoms with Crippen LogP contribution in [-0.2, 0) is 14.3 Å². The Balaban J connectivity index is 2.04. The SMILES string of the molecule is CC(=O)O[C@H](C)C(=O)Nc1ccc(C2=NNC(=O)NC2C)cc1. The standard InChI is InChI=1S/C15H18N4O4/c1-8-13(18-19-15(22)16-8)11-4-6-12(7-5-11)17-14(21)9(2)23-10(3)20/h4-9H,1-3H3,(H,17,21)(H2,16,19,22)/t8?,9-/m1/s1. The molecule has 1 heterocycles. The Morgan fingerprint density at radius 1 is 1.30 bits per heavy atom. The number of ether oxygens (including phenoxy) is 1. The fraction of sp³-hybridized carbons (Fsp3) is 0.333. The Morgan fingerprint density at radius 2 is 1.96 bits per heavy atom. The maximum Gasteiger partial charge on any atom is 0.335 e. The number of nitrogens with one attached hydrogen (secondary N) is 3. The van der Waals surface area contributed by atoms with Gasteiger partial charge in [0.2, 0.25) is 0 Å². The lowest BCUT2D eigenvalue weighted by molar-refractivity contribution is -0.150. The molecule has 2 atom stereocenters. The number of carbonyl (C=O) groups excluding carboxylic acids is 3. The number of anilines is 1. The summed E-state index contributed by atoms with van der Waals surface area (Å²) in [7, 11) is 0. The Bertz CT molecular complexity index is 654. The summed E-state index contributed by atoms with van der Waals surface area (Å²) in [5.74, 6) is -0.924. The zero-order chi connectivity index (χ0) is 17.0. The summed E-state index contributed by atoms with van der Waals surface area (Å²) in [6, 6.07) is 6.41. The maximum absolute atomic E-state index is 11.9. The molecule has 8 nitrogen and oxygen atoms in total.